The number of rotatable bonds is 9. The Balaban J connectivity index is 1.58. The smallest absolute Gasteiger partial charge is 0.234 e. The molecule has 2 aromatic carbocycles. The van der Waals surface area contributed by atoms with Crippen LogP contribution >= 0.6 is 35.0 Å². The second-order valence-corrected chi connectivity index (χ2v) is 8.38. The topological polar surface area (TPSA) is 78.3 Å². The molecule has 1 N–H and O–H groups in total. The number of amides is 1. The number of hydrogen-bond acceptors (Lipinski definition) is 6. The maximum absolute atomic E-state index is 12.3. The predicted octanol–water partition coefficient (Wildman–Crippen LogP) is 5.14. The average Bonchev–Trinajstić information content (AvgIpc) is 3.08. The van der Waals surface area contributed by atoms with Crippen LogP contribution in [0.3, 0.4) is 0 Å². The summed E-state index contributed by atoms with van der Waals surface area (Å²) in [5.41, 5.74) is 1.56. The van der Waals surface area contributed by atoms with Gasteiger partial charge in [0.2, 0.25) is 5.91 Å². The van der Waals surface area contributed by atoms with Gasteiger partial charge >= 0.3 is 0 Å². The number of carbonyl (C=O) groups excluding carboxylic acids is 1. The third kappa shape index (κ3) is 6.29. The third-order valence-electron chi connectivity index (χ3n) is 4.22. The zero-order valence-electron chi connectivity index (χ0n) is 17.3. The van der Waals surface area contributed by atoms with Gasteiger partial charge in [-0.15, -0.1) is 10.2 Å². The van der Waals surface area contributed by atoms with E-state index in [2.05, 4.69) is 15.5 Å². The van der Waals surface area contributed by atoms with Crippen LogP contribution in [0, 0.1) is 6.92 Å². The third-order valence-corrected chi connectivity index (χ3v) is 5.80. The van der Waals surface area contributed by atoms with E-state index in [1.54, 1.807) is 22.8 Å². The number of nitrogens with one attached hydrogen (secondary N) is 1. The summed E-state index contributed by atoms with van der Waals surface area (Å²) in [7, 11) is 1.82. The second kappa shape index (κ2) is 10.7. The van der Waals surface area contributed by atoms with E-state index in [0.717, 1.165) is 5.56 Å². The number of ether oxygens (including phenoxy) is 2. The molecule has 0 saturated heterocycles. The van der Waals surface area contributed by atoms with E-state index in [9.17, 15) is 4.79 Å². The van der Waals surface area contributed by atoms with Crippen molar-refractivity contribution in [3.05, 3.63) is 57.8 Å². The average molecular weight is 481 g/mol. The van der Waals surface area contributed by atoms with Crippen molar-refractivity contribution in [1.29, 1.82) is 0 Å². The zero-order valence-corrected chi connectivity index (χ0v) is 19.6. The highest BCUT2D eigenvalue weighted by atomic mass is 35.5. The fraction of sp³-hybridized carbons (Fsp3) is 0.286. The van der Waals surface area contributed by atoms with Crippen molar-refractivity contribution in [3.8, 4) is 11.5 Å². The molecular formula is C21H22Cl2N4O3S. The maximum atomic E-state index is 12.3. The van der Waals surface area contributed by atoms with Gasteiger partial charge in [0.25, 0.3) is 0 Å². The van der Waals surface area contributed by atoms with Crippen molar-refractivity contribution in [1.82, 2.24) is 14.8 Å². The summed E-state index contributed by atoms with van der Waals surface area (Å²) in [4.78, 5) is 12.3. The van der Waals surface area contributed by atoms with Crippen molar-refractivity contribution in [2.24, 2.45) is 7.05 Å². The Bertz CT molecular complexity index is 1070. The lowest BCUT2D eigenvalue weighted by Crippen LogP contribution is -2.15. The minimum atomic E-state index is -0.226. The van der Waals surface area contributed by atoms with Crippen molar-refractivity contribution >= 4 is 46.6 Å². The minimum absolute atomic E-state index is 0.141. The molecule has 0 unspecified atom stereocenters. The van der Waals surface area contributed by atoms with Crippen LogP contribution in [0.5, 0.6) is 11.5 Å². The number of halogens is 2. The number of carbonyl (C=O) groups is 1. The molecule has 1 aromatic heterocycles. The van der Waals surface area contributed by atoms with Crippen molar-refractivity contribution in [2.75, 3.05) is 17.7 Å². The van der Waals surface area contributed by atoms with Gasteiger partial charge in [0.05, 0.1) is 23.1 Å². The molecule has 164 valence electrons. The Morgan fingerprint density at radius 2 is 1.94 bits per heavy atom. The minimum Gasteiger partial charge on any atom is -0.490 e. The van der Waals surface area contributed by atoms with E-state index < -0.39 is 0 Å². The summed E-state index contributed by atoms with van der Waals surface area (Å²) in [6.45, 7) is 4.69. The molecule has 0 radical (unpaired) electrons. The molecule has 7 nitrogen and oxygen atoms in total. The lowest BCUT2D eigenvalue weighted by Gasteiger charge is -2.12. The van der Waals surface area contributed by atoms with E-state index in [0.29, 0.717) is 44.8 Å². The molecule has 3 aromatic rings. The number of thioether (sulfide) groups is 1. The van der Waals surface area contributed by atoms with Gasteiger partial charge < -0.3 is 19.4 Å². The molecule has 1 heterocycles. The summed E-state index contributed by atoms with van der Waals surface area (Å²) < 4.78 is 13.3. The standard InChI is InChI=1S/C21H22Cl2N4O3S/c1-4-29-18-9-13(2)5-8-17(18)30-11-19-25-26-21(27(19)3)31-12-20(28)24-16-10-14(22)6-7-15(16)23/h5-10H,4,11-12H2,1-3H3,(H,24,28). The van der Waals surface area contributed by atoms with Crippen molar-refractivity contribution in [2.45, 2.75) is 25.6 Å². The highest BCUT2D eigenvalue weighted by Crippen LogP contribution is 2.29. The lowest BCUT2D eigenvalue weighted by atomic mass is 10.2. The first kappa shape index (κ1) is 23.2. The Labute approximate surface area is 195 Å². The van der Waals surface area contributed by atoms with E-state index in [1.807, 2.05) is 39.1 Å². The van der Waals surface area contributed by atoms with Crippen LogP contribution in [-0.4, -0.2) is 33.0 Å². The number of anilines is 1. The van der Waals surface area contributed by atoms with Crippen LogP contribution < -0.4 is 14.8 Å². The number of aryl methyl sites for hydroxylation is 1. The first-order valence-electron chi connectivity index (χ1n) is 9.49. The Kier molecular flexibility index (Phi) is 8.06. The Hall–Kier alpha value is -2.42. The maximum Gasteiger partial charge on any atom is 0.234 e. The highest BCUT2D eigenvalue weighted by molar-refractivity contribution is 7.99. The quantitative estimate of drug-likeness (QED) is 0.427. The van der Waals surface area contributed by atoms with Crippen LogP contribution in [0.2, 0.25) is 10.0 Å². The first-order chi connectivity index (χ1) is 14.9. The largest absolute Gasteiger partial charge is 0.490 e. The lowest BCUT2D eigenvalue weighted by molar-refractivity contribution is -0.113. The van der Waals surface area contributed by atoms with Crippen molar-refractivity contribution in [3.63, 3.8) is 0 Å². The molecule has 0 aliphatic heterocycles. The van der Waals surface area contributed by atoms with Crippen LogP contribution in [0.15, 0.2) is 41.6 Å². The normalized spacial score (nSPS) is 10.7. The summed E-state index contributed by atoms with van der Waals surface area (Å²) in [6.07, 6.45) is 0. The molecule has 0 aliphatic rings. The van der Waals surface area contributed by atoms with Crippen molar-refractivity contribution < 1.29 is 14.3 Å². The predicted molar refractivity (Wildman–Crippen MR) is 123 cm³/mol. The van der Waals surface area contributed by atoms with E-state index in [4.69, 9.17) is 32.7 Å². The molecule has 31 heavy (non-hydrogen) atoms. The zero-order chi connectivity index (χ0) is 22.4. The summed E-state index contributed by atoms with van der Waals surface area (Å²) in [5.74, 6) is 1.88. The van der Waals surface area contributed by atoms with Gasteiger partial charge in [-0.3, -0.25) is 4.79 Å². The second-order valence-electron chi connectivity index (χ2n) is 6.59. The first-order valence-corrected chi connectivity index (χ1v) is 11.2. The van der Waals surface area contributed by atoms with Gasteiger partial charge in [-0.1, -0.05) is 41.0 Å². The van der Waals surface area contributed by atoms with Gasteiger partial charge in [-0.25, -0.2) is 0 Å². The fourth-order valence-electron chi connectivity index (χ4n) is 2.65. The van der Waals surface area contributed by atoms with Gasteiger partial charge in [-0.2, -0.15) is 0 Å². The molecule has 0 atom stereocenters. The monoisotopic (exact) mass is 480 g/mol. The molecule has 3 rings (SSSR count). The van der Waals surface area contributed by atoms with Crippen LogP contribution in [-0.2, 0) is 18.4 Å². The SMILES string of the molecule is CCOc1cc(C)ccc1OCc1nnc(SCC(=O)Nc2cc(Cl)ccc2Cl)n1C. The Morgan fingerprint density at radius 3 is 2.71 bits per heavy atom. The number of hydrogen-bond donors (Lipinski definition) is 1. The molecule has 0 fully saturated rings. The molecule has 0 saturated carbocycles. The van der Waals surface area contributed by atoms with Gasteiger partial charge in [0, 0.05) is 12.1 Å². The van der Waals surface area contributed by atoms with Gasteiger partial charge in [-0.05, 0) is 49.7 Å². The van der Waals surface area contributed by atoms with Crippen LogP contribution in [0.4, 0.5) is 5.69 Å². The summed E-state index contributed by atoms with van der Waals surface area (Å²) >= 11 is 13.3. The van der Waals surface area contributed by atoms with Gasteiger partial charge in [0.1, 0.15) is 6.61 Å². The van der Waals surface area contributed by atoms with Crippen LogP contribution in [0.25, 0.3) is 0 Å². The number of benzene rings is 2. The summed E-state index contributed by atoms with van der Waals surface area (Å²) in [6, 6.07) is 10.7. The van der Waals surface area contributed by atoms with E-state index >= 15 is 0 Å². The fourth-order valence-corrected chi connectivity index (χ4v) is 3.72. The molecule has 0 aliphatic carbocycles. The molecule has 10 heteroatoms. The summed E-state index contributed by atoms with van der Waals surface area (Å²) in [5, 5.41) is 12.6. The van der Waals surface area contributed by atoms with E-state index in [-0.39, 0.29) is 18.3 Å². The molecular weight excluding hydrogens is 459 g/mol. The highest BCUT2D eigenvalue weighted by Gasteiger charge is 2.14. The number of nitrogens with zero attached hydrogens (tertiary/aromatic N) is 3. The van der Waals surface area contributed by atoms with E-state index in [1.165, 1.54) is 11.8 Å². The van der Waals surface area contributed by atoms with Gasteiger partial charge in [0.15, 0.2) is 22.5 Å². The van der Waals surface area contributed by atoms with Crippen LogP contribution in [0.1, 0.15) is 18.3 Å². The Morgan fingerprint density at radius 1 is 1.13 bits per heavy atom. The number of aromatic nitrogens is 3. The molecule has 0 bridgehead atoms. The molecule has 0 spiro atoms. The molecule has 1 amide bonds.